The van der Waals surface area contributed by atoms with Gasteiger partial charge in [0.25, 0.3) is 0 Å². The summed E-state index contributed by atoms with van der Waals surface area (Å²) in [5.41, 5.74) is 7.55. The highest BCUT2D eigenvalue weighted by molar-refractivity contribution is 9.10. The predicted molar refractivity (Wildman–Crippen MR) is 87.4 cm³/mol. The Labute approximate surface area is 135 Å². The molecular formula is C15H12BrClN4. The Kier molecular flexibility index (Phi) is 4.14. The first-order chi connectivity index (χ1) is 10.2. The molecule has 0 aliphatic heterocycles. The summed E-state index contributed by atoms with van der Waals surface area (Å²) in [5.74, 6) is -0.135. The highest BCUT2D eigenvalue weighted by Crippen LogP contribution is 2.29. The fourth-order valence-corrected chi connectivity index (χ4v) is 2.87. The molecular weight excluding hydrogens is 352 g/mol. The number of nitrogens with two attached hydrogens (primary N) is 1. The molecule has 3 rings (SSSR count). The molecule has 21 heavy (non-hydrogen) atoms. The maximum atomic E-state index is 5.94. The van der Waals surface area contributed by atoms with Crippen LogP contribution in [0.5, 0.6) is 0 Å². The van der Waals surface area contributed by atoms with Gasteiger partial charge in [-0.15, -0.1) is 0 Å². The van der Waals surface area contributed by atoms with E-state index < -0.39 is 0 Å². The average Bonchev–Trinajstić information content (AvgIpc) is 2.51. The van der Waals surface area contributed by atoms with E-state index in [0.717, 1.165) is 26.6 Å². The minimum absolute atomic E-state index is 0.135. The SMILES string of the molecule is NCC(c1cc2ccccc2cn1)c1nc(Cl)ncc1Br. The number of rotatable bonds is 3. The van der Waals surface area contributed by atoms with Gasteiger partial charge < -0.3 is 5.73 Å². The molecule has 2 N–H and O–H groups in total. The van der Waals surface area contributed by atoms with Gasteiger partial charge >= 0.3 is 0 Å². The Morgan fingerprint density at radius 3 is 2.67 bits per heavy atom. The van der Waals surface area contributed by atoms with Gasteiger partial charge in [-0.2, -0.15) is 0 Å². The number of pyridine rings is 1. The molecule has 106 valence electrons. The van der Waals surface area contributed by atoms with E-state index in [9.17, 15) is 0 Å². The predicted octanol–water partition coefficient (Wildman–Crippen LogP) is 3.53. The smallest absolute Gasteiger partial charge is 0.222 e. The minimum Gasteiger partial charge on any atom is -0.329 e. The lowest BCUT2D eigenvalue weighted by Gasteiger charge is -2.15. The number of hydrogen-bond acceptors (Lipinski definition) is 4. The normalized spacial score (nSPS) is 12.5. The highest BCUT2D eigenvalue weighted by Gasteiger charge is 2.19. The number of hydrogen-bond donors (Lipinski definition) is 1. The number of nitrogens with zero attached hydrogens (tertiary/aromatic N) is 3. The zero-order valence-corrected chi connectivity index (χ0v) is 13.3. The Bertz CT molecular complexity index is 793. The molecule has 0 aliphatic carbocycles. The topological polar surface area (TPSA) is 64.7 Å². The molecule has 2 heterocycles. The van der Waals surface area contributed by atoms with Crippen LogP contribution in [0.4, 0.5) is 0 Å². The molecule has 1 aromatic carbocycles. The van der Waals surface area contributed by atoms with Crippen molar-refractivity contribution < 1.29 is 0 Å². The van der Waals surface area contributed by atoms with E-state index >= 15 is 0 Å². The molecule has 1 unspecified atom stereocenters. The van der Waals surface area contributed by atoms with Gasteiger partial charge in [-0.1, -0.05) is 24.3 Å². The van der Waals surface area contributed by atoms with Crippen molar-refractivity contribution in [2.45, 2.75) is 5.92 Å². The molecule has 0 aliphatic rings. The van der Waals surface area contributed by atoms with Crippen LogP contribution in [0.1, 0.15) is 17.3 Å². The Balaban J connectivity index is 2.11. The summed E-state index contributed by atoms with van der Waals surface area (Å²) in [6.07, 6.45) is 3.48. The third-order valence-electron chi connectivity index (χ3n) is 3.32. The van der Waals surface area contributed by atoms with Crippen LogP contribution in [-0.2, 0) is 0 Å². The summed E-state index contributed by atoms with van der Waals surface area (Å²) in [7, 11) is 0. The summed E-state index contributed by atoms with van der Waals surface area (Å²) in [4.78, 5) is 12.8. The first-order valence-corrected chi connectivity index (χ1v) is 7.59. The van der Waals surface area contributed by atoms with Gasteiger partial charge in [-0.25, -0.2) is 9.97 Å². The molecule has 0 bridgehead atoms. The van der Waals surface area contributed by atoms with E-state index in [1.807, 2.05) is 30.5 Å². The molecule has 0 radical (unpaired) electrons. The van der Waals surface area contributed by atoms with Crippen molar-refractivity contribution >= 4 is 38.3 Å². The minimum atomic E-state index is -0.135. The lowest BCUT2D eigenvalue weighted by atomic mass is 9.99. The largest absolute Gasteiger partial charge is 0.329 e. The zero-order valence-electron chi connectivity index (χ0n) is 11.0. The molecule has 4 nitrogen and oxygen atoms in total. The van der Waals surface area contributed by atoms with Crippen molar-refractivity contribution in [3.63, 3.8) is 0 Å². The second-order valence-corrected chi connectivity index (χ2v) is 5.81. The second-order valence-electron chi connectivity index (χ2n) is 4.62. The quantitative estimate of drug-likeness (QED) is 0.723. The Hall–Kier alpha value is -1.56. The average molecular weight is 364 g/mol. The van der Waals surface area contributed by atoms with Crippen LogP contribution in [0.15, 0.2) is 47.2 Å². The van der Waals surface area contributed by atoms with E-state index in [-0.39, 0.29) is 11.2 Å². The molecule has 0 amide bonds. The maximum absolute atomic E-state index is 5.94. The van der Waals surface area contributed by atoms with Crippen LogP contribution in [0.2, 0.25) is 5.28 Å². The summed E-state index contributed by atoms with van der Waals surface area (Å²) in [6.45, 7) is 0.386. The first-order valence-electron chi connectivity index (χ1n) is 6.41. The molecule has 0 fully saturated rings. The van der Waals surface area contributed by atoms with Crippen LogP contribution in [0.25, 0.3) is 10.8 Å². The summed E-state index contributed by atoms with van der Waals surface area (Å²) >= 11 is 9.35. The molecule has 6 heteroatoms. The van der Waals surface area contributed by atoms with Gasteiger partial charge in [0.15, 0.2) is 0 Å². The molecule has 3 aromatic rings. The van der Waals surface area contributed by atoms with Crippen molar-refractivity contribution in [3.8, 4) is 0 Å². The van der Waals surface area contributed by atoms with E-state index in [0.29, 0.717) is 6.54 Å². The van der Waals surface area contributed by atoms with Crippen LogP contribution in [-0.4, -0.2) is 21.5 Å². The number of benzene rings is 1. The summed E-state index contributed by atoms with van der Waals surface area (Å²) in [5, 5.41) is 2.42. The van der Waals surface area contributed by atoms with Crippen molar-refractivity contribution in [2.75, 3.05) is 6.54 Å². The van der Waals surface area contributed by atoms with E-state index in [4.69, 9.17) is 17.3 Å². The van der Waals surface area contributed by atoms with Crippen LogP contribution in [0, 0.1) is 0 Å². The van der Waals surface area contributed by atoms with Crippen LogP contribution in [0.3, 0.4) is 0 Å². The third-order valence-corrected chi connectivity index (χ3v) is 4.11. The third kappa shape index (κ3) is 2.90. The van der Waals surface area contributed by atoms with Gasteiger partial charge in [0.2, 0.25) is 5.28 Å². The fraction of sp³-hybridized carbons (Fsp3) is 0.133. The van der Waals surface area contributed by atoms with Gasteiger partial charge in [-0.05, 0) is 39.0 Å². The first kappa shape index (κ1) is 14.4. The maximum Gasteiger partial charge on any atom is 0.222 e. The molecule has 2 aromatic heterocycles. The van der Waals surface area contributed by atoms with Crippen LogP contribution >= 0.6 is 27.5 Å². The van der Waals surface area contributed by atoms with Gasteiger partial charge in [-0.3, -0.25) is 4.98 Å². The second kappa shape index (κ2) is 6.05. The van der Waals surface area contributed by atoms with Gasteiger partial charge in [0, 0.05) is 24.3 Å². The van der Waals surface area contributed by atoms with Crippen molar-refractivity contribution in [1.82, 2.24) is 15.0 Å². The molecule has 0 saturated heterocycles. The van der Waals surface area contributed by atoms with Crippen molar-refractivity contribution in [1.29, 1.82) is 0 Å². The molecule has 0 spiro atoms. The van der Waals surface area contributed by atoms with Crippen LogP contribution < -0.4 is 5.73 Å². The standard InChI is InChI=1S/C15H12BrClN4/c16-12-8-20-15(17)21-14(12)11(6-18)13-5-9-3-1-2-4-10(9)7-19-13/h1-5,7-8,11H,6,18H2. The molecule has 1 atom stereocenters. The lowest BCUT2D eigenvalue weighted by molar-refractivity contribution is 0.752. The van der Waals surface area contributed by atoms with E-state index in [1.54, 1.807) is 6.20 Å². The van der Waals surface area contributed by atoms with Gasteiger partial charge in [0.05, 0.1) is 21.8 Å². The molecule has 0 saturated carbocycles. The fourth-order valence-electron chi connectivity index (χ4n) is 2.27. The number of aromatic nitrogens is 3. The van der Waals surface area contributed by atoms with Crippen molar-refractivity contribution in [3.05, 3.63) is 63.9 Å². The monoisotopic (exact) mass is 362 g/mol. The summed E-state index contributed by atoms with van der Waals surface area (Å²) in [6, 6.07) is 10.1. The van der Waals surface area contributed by atoms with E-state index in [2.05, 4.69) is 36.9 Å². The number of halogens is 2. The Morgan fingerprint density at radius 2 is 1.90 bits per heavy atom. The summed E-state index contributed by atoms with van der Waals surface area (Å²) < 4.78 is 0.775. The lowest BCUT2D eigenvalue weighted by Crippen LogP contribution is -2.17. The van der Waals surface area contributed by atoms with Crippen molar-refractivity contribution in [2.24, 2.45) is 5.73 Å². The zero-order chi connectivity index (χ0) is 14.8. The van der Waals surface area contributed by atoms with Gasteiger partial charge in [0.1, 0.15) is 0 Å². The highest BCUT2D eigenvalue weighted by atomic mass is 79.9. The number of fused-ring (bicyclic) bond motifs is 1. The Morgan fingerprint density at radius 1 is 1.14 bits per heavy atom. The van der Waals surface area contributed by atoms with E-state index in [1.165, 1.54) is 0 Å².